The molecule has 1 aromatic carbocycles. The maximum absolute atomic E-state index is 13.1. The van der Waals surface area contributed by atoms with Gasteiger partial charge in [0.15, 0.2) is 0 Å². The Balaban J connectivity index is 2.01. The highest BCUT2D eigenvalue weighted by Gasteiger charge is 2.10. The monoisotopic (exact) mass is 264 g/mol. The van der Waals surface area contributed by atoms with Crippen molar-refractivity contribution in [3.63, 3.8) is 0 Å². The van der Waals surface area contributed by atoms with E-state index in [2.05, 4.69) is 4.98 Å². The molecule has 5 heteroatoms. The highest BCUT2D eigenvalue weighted by molar-refractivity contribution is 5.35. The van der Waals surface area contributed by atoms with Gasteiger partial charge in [-0.2, -0.15) is 0 Å². The van der Waals surface area contributed by atoms with E-state index in [9.17, 15) is 9.50 Å². The summed E-state index contributed by atoms with van der Waals surface area (Å²) >= 11 is 0. The van der Waals surface area contributed by atoms with E-state index in [1.165, 1.54) is 18.2 Å². The quantitative estimate of drug-likeness (QED) is 0.902. The fraction of sp³-hybridized carbons (Fsp3) is 0.357. The van der Waals surface area contributed by atoms with Crippen LogP contribution in [0.25, 0.3) is 0 Å². The molecule has 1 atom stereocenters. The molecule has 102 valence electrons. The van der Waals surface area contributed by atoms with Crippen LogP contribution in [0.1, 0.15) is 24.4 Å². The molecule has 0 fully saturated rings. The molecule has 0 spiro atoms. The van der Waals surface area contributed by atoms with E-state index >= 15 is 0 Å². The number of hydrogen-bond donors (Lipinski definition) is 1. The zero-order valence-electron chi connectivity index (χ0n) is 11.0. The smallest absolute Gasteiger partial charge is 0.125 e. The van der Waals surface area contributed by atoms with E-state index in [1.807, 2.05) is 17.7 Å². The van der Waals surface area contributed by atoms with Crippen LogP contribution in [0.15, 0.2) is 30.6 Å². The van der Waals surface area contributed by atoms with Crippen molar-refractivity contribution < 1.29 is 14.2 Å². The molecule has 0 unspecified atom stereocenters. The summed E-state index contributed by atoms with van der Waals surface area (Å²) in [7, 11) is 0. The normalized spacial score (nSPS) is 12.4. The Morgan fingerprint density at radius 1 is 1.47 bits per heavy atom. The number of rotatable bonds is 5. The van der Waals surface area contributed by atoms with E-state index in [0.29, 0.717) is 24.5 Å². The average Bonchev–Trinajstić information content (AvgIpc) is 2.77. The third kappa shape index (κ3) is 3.32. The molecule has 0 amide bonds. The number of halogens is 1. The van der Waals surface area contributed by atoms with Crippen LogP contribution < -0.4 is 4.74 Å². The van der Waals surface area contributed by atoms with Gasteiger partial charge in [-0.3, -0.25) is 0 Å². The van der Waals surface area contributed by atoms with Gasteiger partial charge in [-0.25, -0.2) is 9.37 Å². The van der Waals surface area contributed by atoms with E-state index in [-0.39, 0.29) is 5.82 Å². The van der Waals surface area contributed by atoms with E-state index < -0.39 is 6.10 Å². The standard InChI is InChI=1S/C14H17FN2O2/c1-10(18)13-9-12(15)3-4-14(13)19-8-7-17-6-5-16-11(17)2/h3-6,9-10,18H,7-8H2,1-2H3/t10-/m1/s1. The molecule has 0 saturated carbocycles. The number of ether oxygens (including phenoxy) is 1. The van der Waals surface area contributed by atoms with Gasteiger partial charge in [0.05, 0.1) is 12.6 Å². The second-order valence-corrected chi connectivity index (χ2v) is 4.37. The van der Waals surface area contributed by atoms with Crippen LogP contribution >= 0.6 is 0 Å². The highest BCUT2D eigenvalue weighted by atomic mass is 19.1. The summed E-state index contributed by atoms with van der Waals surface area (Å²) in [5, 5.41) is 9.59. The second-order valence-electron chi connectivity index (χ2n) is 4.37. The highest BCUT2D eigenvalue weighted by Crippen LogP contribution is 2.25. The third-order valence-electron chi connectivity index (χ3n) is 2.94. The molecule has 0 radical (unpaired) electrons. The lowest BCUT2D eigenvalue weighted by Crippen LogP contribution is -2.10. The second kappa shape index (κ2) is 5.84. The minimum atomic E-state index is -0.763. The first-order valence-electron chi connectivity index (χ1n) is 6.16. The van der Waals surface area contributed by atoms with Gasteiger partial charge < -0.3 is 14.4 Å². The fourth-order valence-corrected chi connectivity index (χ4v) is 1.87. The van der Waals surface area contributed by atoms with Crippen LogP contribution in [0.2, 0.25) is 0 Å². The topological polar surface area (TPSA) is 47.3 Å². The minimum absolute atomic E-state index is 0.381. The van der Waals surface area contributed by atoms with Gasteiger partial charge >= 0.3 is 0 Å². The molecule has 0 saturated heterocycles. The fourth-order valence-electron chi connectivity index (χ4n) is 1.87. The molecular formula is C14H17FN2O2. The number of aromatic nitrogens is 2. The number of aliphatic hydroxyl groups excluding tert-OH is 1. The van der Waals surface area contributed by atoms with Crippen molar-refractivity contribution in [3.8, 4) is 5.75 Å². The molecule has 0 aliphatic rings. The summed E-state index contributed by atoms with van der Waals surface area (Å²) in [4.78, 5) is 4.12. The predicted molar refractivity (Wildman–Crippen MR) is 69.5 cm³/mol. The number of aliphatic hydroxyl groups is 1. The number of aryl methyl sites for hydroxylation is 1. The van der Waals surface area contributed by atoms with E-state index in [1.54, 1.807) is 13.1 Å². The summed E-state index contributed by atoms with van der Waals surface area (Å²) in [6, 6.07) is 4.16. The summed E-state index contributed by atoms with van der Waals surface area (Å²) in [6.45, 7) is 4.59. The zero-order chi connectivity index (χ0) is 13.8. The number of hydrogen-bond acceptors (Lipinski definition) is 3. The van der Waals surface area contributed by atoms with Gasteiger partial charge in [0, 0.05) is 18.0 Å². The van der Waals surface area contributed by atoms with Crippen LogP contribution in [-0.4, -0.2) is 21.3 Å². The largest absolute Gasteiger partial charge is 0.491 e. The van der Waals surface area contributed by atoms with Crippen LogP contribution in [0, 0.1) is 12.7 Å². The van der Waals surface area contributed by atoms with Crippen molar-refractivity contribution in [1.82, 2.24) is 9.55 Å². The molecule has 2 rings (SSSR count). The SMILES string of the molecule is Cc1nccn1CCOc1ccc(F)cc1[C@@H](C)O. The van der Waals surface area contributed by atoms with Gasteiger partial charge in [0.25, 0.3) is 0 Å². The lowest BCUT2D eigenvalue weighted by Gasteiger charge is -2.14. The Labute approximate surface area is 111 Å². The van der Waals surface area contributed by atoms with Crippen molar-refractivity contribution in [2.45, 2.75) is 26.5 Å². The Morgan fingerprint density at radius 3 is 2.89 bits per heavy atom. The Bertz CT molecular complexity index is 552. The summed E-state index contributed by atoms with van der Waals surface area (Å²) < 4.78 is 20.7. The van der Waals surface area contributed by atoms with E-state index in [4.69, 9.17) is 4.74 Å². The van der Waals surface area contributed by atoms with Crippen molar-refractivity contribution in [3.05, 3.63) is 47.8 Å². The molecule has 0 bridgehead atoms. The molecule has 1 aromatic heterocycles. The maximum atomic E-state index is 13.1. The zero-order valence-corrected chi connectivity index (χ0v) is 11.0. The Kier molecular flexibility index (Phi) is 4.16. The lowest BCUT2D eigenvalue weighted by molar-refractivity contribution is 0.189. The van der Waals surface area contributed by atoms with Crippen LogP contribution in [0.4, 0.5) is 4.39 Å². The first-order chi connectivity index (χ1) is 9.08. The first-order valence-corrected chi connectivity index (χ1v) is 6.16. The van der Waals surface area contributed by atoms with Gasteiger partial charge in [0.2, 0.25) is 0 Å². The van der Waals surface area contributed by atoms with Gasteiger partial charge in [-0.1, -0.05) is 0 Å². The Hall–Kier alpha value is -1.88. The van der Waals surface area contributed by atoms with Crippen molar-refractivity contribution in [2.75, 3.05) is 6.61 Å². The van der Waals surface area contributed by atoms with Gasteiger partial charge in [-0.05, 0) is 32.0 Å². The van der Waals surface area contributed by atoms with Crippen molar-refractivity contribution in [1.29, 1.82) is 0 Å². The van der Waals surface area contributed by atoms with Gasteiger partial charge in [0.1, 0.15) is 24.0 Å². The molecule has 4 nitrogen and oxygen atoms in total. The molecule has 1 heterocycles. The van der Waals surface area contributed by atoms with Crippen LogP contribution in [-0.2, 0) is 6.54 Å². The molecule has 0 aliphatic carbocycles. The lowest BCUT2D eigenvalue weighted by atomic mass is 10.1. The minimum Gasteiger partial charge on any atom is -0.491 e. The van der Waals surface area contributed by atoms with Gasteiger partial charge in [-0.15, -0.1) is 0 Å². The van der Waals surface area contributed by atoms with Crippen LogP contribution in [0.5, 0.6) is 5.75 Å². The summed E-state index contributed by atoms with van der Waals surface area (Å²) in [5.41, 5.74) is 0.461. The number of imidazole rings is 1. The third-order valence-corrected chi connectivity index (χ3v) is 2.94. The summed E-state index contributed by atoms with van der Waals surface area (Å²) in [5.74, 6) is 1.04. The molecule has 2 aromatic rings. The predicted octanol–water partition coefficient (Wildman–Crippen LogP) is 2.46. The number of benzene rings is 1. The molecule has 0 aliphatic heterocycles. The first kappa shape index (κ1) is 13.5. The Morgan fingerprint density at radius 2 is 2.26 bits per heavy atom. The van der Waals surface area contributed by atoms with Crippen molar-refractivity contribution in [2.24, 2.45) is 0 Å². The summed E-state index contributed by atoms with van der Waals surface area (Å²) in [6.07, 6.45) is 2.84. The van der Waals surface area contributed by atoms with Crippen LogP contribution in [0.3, 0.4) is 0 Å². The maximum Gasteiger partial charge on any atom is 0.125 e. The van der Waals surface area contributed by atoms with E-state index in [0.717, 1.165) is 5.82 Å². The van der Waals surface area contributed by atoms with Crippen molar-refractivity contribution >= 4 is 0 Å². The molecule has 19 heavy (non-hydrogen) atoms. The average molecular weight is 264 g/mol. The number of nitrogens with zero attached hydrogens (tertiary/aromatic N) is 2. The molecular weight excluding hydrogens is 247 g/mol. The molecule has 1 N–H and O–H groups in total.